The van der Waals surface area contributed by atoms with Crippen molar-refractivity contribution in [3.8, 4) is 0 Å². The third kappa shape index (κ3) is 7.41. The van der Waals surface area contributed by atoms with Crippen LogP contribution in [0.15, 0.2) is 29.3 Å². The minimum atomic E-state index is 0. The van der Waals surface area contributed by atoms with Crippen LogP contribution in [0.2, 0.25) is 0 Å². The van der Waals surface area contributed by atoms with Gasteiger partial charge in [-0.15, -0.1) is 24.0 Å². The van der Waals surface area contributed by atoms with Crippen LogP contribution in [0, 0.1) is 5.92 Å². The number of carbonyl (C=O) groups excluding carboxylic acids is 1. The highest BCUT2D eigenvalue weighted by molar-refractivity contribution is 14.0. The van der Waals surface area contributed by atoms with Crippen molar-refractivity contribution in [3.05, 3.63) is 35.4 Å². The second-order valence-electron chi connectivity index (χ2n) is 8.56. The maximum absolute atomic E-state index is 12.2. The minimum Gasteiger partial charge on any atom is -0.357 e. The maximum Gasteiger partial charge on any atom is 0.225 e. The van der Waals surface area contributed by atoms with E-state index in [9.17, 15) is 4.79 Å². The molecule has 2 N–H and O–H groups in total. The quantitative estimate of drug-likeness (QED) is 0.325. The number of aliphatic imine (C=N–C) groups is 1. The van der Waals surface area contributed by atoms with E-state index < -0.39 is 0 Å². The maximum atomic E-state index is 12.2. The number of nitrogens with one attached hydrogen (secondary N) is 2. The van der Waals surface area contributed by atoms with Gasteiger partial charge in [0.25, 0.3) is 0 Å². The Morgan fingerprint density at radius 2 is 1.80 bits per heavy atom. The van der Waals surface area contributed by atoms with E-state index >= 15 is 0 Å². The van der Waals surface area contributed by atoms with Gasteiger partial charge in [0.2, 0.25) is 5.91 Å². The molecule has 3 rings (SSSR count). The lowest BCUT2D eigenvalue weighted by atomic mass is 10.1. The highest BCUT2D eigenvalue weighted by Gasteiger charge is 2.27. The van der Waals surface area contributed by atoms with Gasteiger partial charge < -0.3 is 15.5 Å². The molecule has 1 aromatic carbocycles. The molecule has 0 radical (unpaired) electrons. The molecule has 1 atom stereocenters. The molecule has 2 heterocycles. The monoisotopic (exact) mass is 527 g/mol. The van der Waals surface area contributed by atoms with Crippen molar-refractivity contribution in [1.82, 2.24) is 20.4 Å². The number of hydrogen-bond donors (Lipinski definition) is 2. The van der Waals surface area contributed by atoms with Crippen molar-refractivity contribution < 1.29 is 4.79 Å². The van der Waals surface area contributed by atoms with Crippen LogP contribution in [0.3, 0.4) is 0 Å². The first-order chi connectivity index (χ1) is 14.0. The van der Waals surface area contributed by atoms with Gasteiger partial charge in [0.05, 0.1) is 6.54 Å². The predicted molar refractivity (Wildman–Crippen MR) is 134 cm³/mol. The molecule has 168 valence electrons. The summed E-state index contributed by atoms with van der Waals surface area (Å²) in [5.41, 5.74) is 2.60. The average molecular weight is 527 g/mol. The lowest BCUT2D eigenvalue weighted by Crippen LogP contribution is -2.45. The number of likely N-dealkylation sites (tertiary alicyclic amines) is 2. The molecule has 30 heavy (non-hydrogen) atoms. The van der Waals surface area contributed by atoms with Crippen molar-refractivity contribution in [2.75, 3.05) is 32.7 Å². The standard InChI is InChI=1S/C23H37N5O.HI/c1-4-24-23(26-21-11-14-28(17-21)22(29)18(2)3)25-15-19-7-9-20(10-8-19)16-27-12-5-6-13-27;/h7-10,18,21H,4-6,11-17H2,1-3H3,(H2,24,25,26);1H. The second kappa shape index (κ2) is 12.5. The van der Waals surface area contributed by atoms with Gasteiger partial charge in [-0.2, -0.15) is 0 Å². The van der Waals surface area contributed by atoms with Crippen LogP contribution in [0.5, 0.6) is 0 Å². The number of halogens is 1. The van der Waals surface area contributed by atoms with E-state index in [0.29, 0.717) is 6.54 Å². The predicted octanol–water partition coefficient (Wildman–Crippen LogP) is 3.21. The fourth-order valence-corrected chi connectivity index (χ4v) is 4.08. The molecule has 1 unspecified atom stereocenters. The van der Waals surface area contributed by atoms with Gasteiger partial charge in [-0.05, 0) is 50.4 Å². The van der Waals surface area contributed by atoms with Crippen molar-refractivity contribution in [3.63, 3.8) is 0 Å². The summed E-state index contributed by atoms with van der Waals surface area (Å²) in [6.45, 7) is 12.6. The van der Waals surface area contributed by atoms with Gasteiger partial charge in [0, 0.05) is 38.1 Å². The Morgan fingerprint density at radius 1 is 1.13 bits per heavy atom. The van der Waals surface area contributed by atoms with E-state index in [1.807, 2.05) is 18.7 Å². The molecule has 0 saturated carbocycles. The molecule has 0 spiro atoms. The fraction of sp³-hybridized carbons (Fsp3) is 0.652. The molecule has 1 aromatic rings. The van der Waals surface area contributed by atoms with Crippen molar-refractivity contribution in [2.24, 2.45) is 10.9 Å². The van der Waals surface area contributed by atoms with Gasteiger partial charge in [-0.3, -0.25) is 9.69 Å². The smallest absolute Gasteiger partial charge is 0.225 e. The lowest BCUT2D eigenvalue weighted by Gasteiger charge is -2.20. The summed E-state index contributed by atoms with van der Waals surface area (Å²) in [6.07, 6.45) is 3.63. The largest absolute Gasteiger partial charge is 0.357 e. The molecule has 6 nitrogen and oxygen atoms in total. The first-order valence-corrected chi connectivity index (χ1v) is 11.2. The number of nitrogens with zero attached hydrogens (tertiary/aromatic N) is 3. The summed E-state index contributed by atoms with van der Waals surface area (Å²) < 4.78 is 0. The summed E-state index contributed by atoms with van der Waals surface area (Å²) >= 11 is 0. The highest BCUT2D eigenvalue weighted by Crippen LogP contribution is 2.14. The second-order valence-corrected chi connectivity index (χ2v) is 8.56. The first-order valence-electron chi connectivity index (χ1n) is 11.2. The average Bonchev–Trinajstić information content (AvgIpc) is 3.39. The normalized spacial score (nSPS) is 19.8. The number of hydrogen-bond acceptors (Lipinski definition) is 3. The summed E-state index contributed by atoms with van der Waals surface area (Å²) in [6, 6.07) is 9.11. The first kappa shape index (κ1) is 24.9. The van der Waals surface area contributed by atoms with Crippen LogP contribution in [0.1, 0.15) is 51.2 Å². The minimum absolute atomic E-state index is 0. The molecule has 7 heteroatoms. The molecule has 0 aromatic heterocycles. The van der Waals surface area contributed by atoms with Gasteiger partial charge in [-0.1, -0.05) is 38.1 Å². The highest BCUT2D eigenvalue weighted by atomic mass is 127. The van der Waals surface area contributed by atoms with Gasteiger partial charge in [0.15, 0.2) is 5.96 Å². The Hall–Kier alpha value is -1.35. The Morgan fingerprint density at radius 3 is 2.43 bits per heavy atom. The van der Waals surface area contributed by atoms with Crippen LogP contribution < -0.4 is 10.6 Å². The molecule has 0 aliphatic carbocycles. The van der Waals surface area contributed by atoms with Crippen molar-refractivity contribution >= 4 is 35.8 Å². The number of carbonyl (C=O) groups is 1. The Bertz CT molecular complexity index is 685. The summed E-state index contributed by atoms with van der Waals surface area (Å²) in [7, 11) is 0. The zero-order chi connectivity index (χ0) is 20.6. The van der Waals surface area contributed by atoms with E-state index in [1.165, 1.54) is 37.1 Å². The third-order valence-electron chi connectivity index (χ3n) is 5.73. The van der Waals surface area contributed by atoms with Gasteiger partial charge in [-0.25, -0.2) is 4.99 Å². The van der Waals surface area contributed by atoms with Crippen LogP contribution in [0.4, 0.5) is 0 Å². The van der Waals surface area contributed by atoms with Crippen molar-refractivity contribution in [2.45, 2.75) is 59.2 Å². The number of rotatable bonds is 7. The molecule has 0 bridgehead atoms. The van der Waals surface area contributed by atoms with E-state index in [1.54, 1.807) is 0 Å². The summed E-state index contributed by atoms with van der Waals surface area (Å²) in [5, 5.41) is 6.84. The number of amides is 1. The zero-order valence-corrected chi connectivity index (χ0v) is 21.0. The fourth-order valence-electron chi connectivity index (χ4n) is 4.08. The molecule has 2 saturated heterocycles. The van der Waals surface area contributed by atoms with Crippen LogP contribution >= 0.6 is 24.0 Å². The van der Waals surface area contributed by atoms with E-state index in [0.717, 1.165) is 38.6 Å². The van der Waals surface area contributed by atoms with Gasteiger partial charge >= 0.3 is 0 Å². The lowest BCUT2D eigenvalue weighted by molar-refractivity contribution is -0.133. The molecule has 1 amide bonds. The zero-order valence-electron chi connectivity index (χ0n) is 18.7. The van der Waals surface area contributed by atoms with E-state index in [2.05, 4.69) is 46.7 Å². The molecular weight excluding hydrogens is 489 g/mol. The van der Waals surface area contributed by atoms with Crippen LogP contribution in [0.25, 0.3) is 0 Å². The van der Waals surface area contributed by atoms with Crippen LogP contribution in [-0.2, 0) is 17.9 Å². The Balaban J connectivity index is 0.00000320. The van der Waals surface area contributed by atoms with E-state index in [4.69, 9.17) is 4.99 Å². The van der Waals surface area contributed by atoms with Gasteiger partial charge in [0.1, 0.15) is 0 Å². The number of guanidine groups is 1. The Kier molecular flexibility index (Phi) is 10.4. The number of benzene rings is 1. The van der Waals surface area contributed by atoms with E-state index in [-0.39, 0.29) is 41.8 Å². The third-order valence-corrected chi connectivity index (χ3v) is 5.73. The molecule has 2 aliphatic heterocycles. The molecular formula is C23H38IN5O. The molecule has 2 aliphatic rings. The Labute approximate surface area is 198 Å². The summed E-state index contributed by atoms with van der Waals surface area (Å²) in [5.74, 6) is 1.13. The van der Waals surface area contributed by atoms with Crippen molar-refractivity contribution in [1.29, 1.82) is 0 Å². The topological polar surface area (TPSA) is 60.0 Å². The molecule has 2 fully saturated rings. The SMILES string of the molecule is CCNC(=NCc1ccc(CN2CCCC2)cc1)NC1CCN(C(=O)C(C)C)C1.I. The van der Waals surface area contributed by atoms with Crippen LogP contribution in [-0.4, -0.2) is 60.4 Å². The summed E-state index contributed by atoms with van der Waals surface area (Å²) in [4.78, 5) is 21.5.